The number of hydrogen-bond acceptors (Lipinski definition) is 5. The van der Waals surface area contributed by atoms with E-state index in [1.54, 1.807) is 0 Å². The van der Waals surface area contributed by atoms with Crippen molar-refractivity contribution in [2.24, 2.45) is 20.5 Å². The van der Waals surface area contributed by atoms with Crippen LogP contribution >= 0.6 is 0 Å². The molecule has 0 unspecified atom stereocenters. The van der Waals surface area contributed by atoms with Gasteiger partial charge in [-0.2, -0.15) is 0 Å². The van der Waals surface area contributed by atoms with Crippen molar-refractivity contribution < 1.29 is 0 Å². The lowest BCUT2D eigenvalue weighted by atomic mass is 10.0. The first kappa shape index (κ1) is 22.6. The Labute approximate surface area is 215 Å². The summed E-state index contributed by atoms with van der Waals surface area (Å²) in [7, 11) is 0. The maximum atomic E-state index is 6.15. The maximum absolute atomic E-state index is 6.15. The van der Waals surface area contributed by atoms with Crippen LogP contribution in [-0.4, -0.2) is 0 Å². The van der Waals surface area contributed by atoms with Gasteiger partial charge in [-0.3, -0.25) is 0 Å². The highest BCUT2D eigenvalue weighted by Gasteiger charge is 2.08. The Morgan fingerprint density at radius 3 is 1.54 bits per heavy atom. The first-order chi connectivity index (χ1) is 18.1. The van der Waals surface area contributed by atoms with Crippen LogP contribution < -0.4 is 5.73 Å². The molecule has 0 fully saturated rings. The van der Waals surface area contributed by atoms with Crippen molar-refractivity contribution in [3.05, 3.63) is 114 Å². The number of benzene rings is 6. The third-order valence-electron chi connectivity index (χ3n) is 6.57. The predicted octanol–water partition coefficient (Wildman–Crippen LogP) is 10.2. The van der Waals surface area contributed by atoms with Gasteiger partial charge < -0.3 is 5.73 Å². The molecule has 0 bridgehead atoms. The summed E-state index contributed by atoms with van der Waals surface area (Å²) in [5.41, 5.74) is 12.4. The van der Waals surface area contributed by atoms with Gasteiger partial charge >= 0.3 is 0 Å². The maximum Gasteiger partial charge on any atom is 0.0937 e. The standard InChI is InChI=1S/C32H25N5/c1-20-11-12-23-22(17-20)18-21(2)19-32(23)37-36-31-16-15-30(26-9-5-6-10-27(26)31)35-34-29-14-13-28(33)24-7-3-4-8-25(24)29/h3-19H,33H2,1-2H3. The Morgan fingerprint density at radius 2 is 0.919 bits per heavy atom. The van der Waals surface area contributed by atoms with E-state index in [1.807, 2.05) is 72.8 Å². The number of anilines is 1. The molecule has 2 N–H and O–H groups in total. The minimum Gasteiger partial charge on any atom is -0.398 e. The molecule has 0 heterocycles. The first-order valence-electron chi connectivity index (χ1n) is 12.2. The zero-order valence-electron chi connectivity index (χ0n) is 20.7. The summed E-state index contributed by atoms with van der Waals surface area (Å²) in [5, 5.41) is 24.7. The lowest BCUT2D eigenvalue weighted by Crippen LogP contribution is -1.86. The third-order valence-corrected chi connectivity index (χ3v) is 6.57. The number of hydrogen-bond donors (Lipinski definition) is 1. The van der Waals surface area contributed by atoms with E-state index in [-0.39, 0.29) is 0 Å². The summed E-state index contributed by atoms with van der Waals surface area (Å²) in [6, 6.07) is 34.4. The van der Waals surface area contributed by atoms with Crippen LogP contribution in [0.3, 0.4) is 0 Å². The highest BCUT2D eigenvalue weighted by molar-refractivity contribution is 6.01. The van der Waals surface area contributed by atoms with Crippen molar-refractivity contribution in [3.63, 3.8) is 0 Å². The Hall–Kier alpha value is -4.90. The number of nitrogens with zero attached hydrogens (tertiary/aromatic N) is 4. The van der Waals surface area contributed by atoms with Gasteiger partial charge in [-0.1, -0.05) is 78.4 Å². The average molecular weight is 480 g/mol. The van der Waals surface area contributed by atoms with Crippen LogP contribution in [0.5, 0.6) is 0 Å². The van der Waals surface area contributed by atoms with E-state index in [1.165, 1.54) is 10.9 Å². The van der Waals surface area contributed by atoms with Crippen LogP contribution in [0, 0.1) is 13.8 Å². The fourth-order valence-corrected chi connectivity index (χ4v) is 4.75. The van der Waals surface area contributed by atoms with Gasteiger partial charge in [0.2, 0.25) is 0 Å². The molecule has 0 atom stereocenters. The molecule has 0 saturated heterocycles. The first-order valence-corrected chi connectivity index (χ1v) is 12.2. The van der Waals surface area contributed by atoms with Crippen molar-refractivity contribution in [1.29, 1.82) is 0 Å². The topological polar surface area (TPSA) is 75.5 Å². The normalized spacial score (nSPS) is 11.9. The molecule has 0 radical (unpaired) electrons. The molecule has 5 heteroatoms. The van der Waals surface area contributed by atoms with Gasteiger partial charge in [0.25, 0.3) is 0 Å². The molecule has 0 aliphatic carbocycles. The zero-order chi connectivity index (χ0) is 25.4. The molecule has 0 saturated carbocycles. The summed E-state index contributed by atoms with van der Waals surface area (Å²) in [6.07, 6.45) is 0. The van der Waals surface area contributed by atoms with Crippen LogP contribution in [0.25, 0.3) is 32.3 Å². The van der Waals surface area contributed by atoms with Gasteiger partial charge in [0, 0.05) is 32.6 Å². The lowest BCUT2D eigenvalue weighted by molar-refractivity contribution is 1.23. The Morgan fingerprint density at radius 1 is 0.432 bits per heavy atom. The predicted molar refractivity (Wildman–Crippen MR) is 154 cm³/mol. The van der Waals surface area contributed by atoms with Crippen molar-refractivity contribution in [3.8, 4) is 0 Å². The van der Waals surface area contributed by atoms with E-state index in [2.05, 4.69) is 64.6 Å². The van der Waals surface area contributed by atoms with Gasteiger partial charge in [-0.25, -0.2) is 0 Å². The molecule has 0 aliphatic rings. The second-order valence-corrected chi connectivity index (χ2v) is 9.28. The van der Waals surface area contributed by atoms with E-state index in [9.17, 15) is 0 Å². The molecule has 0 amide bonds. The number of nitrogens with two attached hydrogens (primary N) is 1. The van der Waals surface area contributed by atoms with E-state index in [4.69, 9.17) is 5.73 Å². The number of aryl methyl sites for hydroxylation is 2. The average Bonchev–Trinajstić information content (AvgIpc) is 2.91. The summed E-state index contributed by atoms with van der Waals surface area (Å²) in [6.45, 7) is 4.18. The quantitative estimate of drug-likeness (QED) is 0.198. The van der Waals surface area contributed by atoms with E-state index in [0.29, 0.717) is 0 Å². The van der Waals surface area contributed by atoms with Crippen LogP contribution in [0.2, 0.25) is 0 Å². The minimum atomic E-state index is 0.728. The van der Waals surface area contributed by atoms with Crippen LogP contribution in [-0.2, 0) is 0 Å². The molecule has 6 aromatic carbocycles. The van der Waals surface area contributed by atoms with Crippen LogP contribution in [0.4, 0.5) is 28.4 Å². The van der Waals surface area contributed by atoms with Gasteiger partial charge in [0.1, 0.15) is 0 Å². The molecular weight excluding hydrogens is 454 g/mol. The molecule has 0 aliphatic heterocycles. The fourth-order valence-electron chi connectivity index (χ4n) is 4.75. The molecule has 6 rings (SSSR count). The van der Waals surface area contributed by atoms with Gasteiger partial charge in [-0.05, 0) is 55.1 Å². The number of nitrogen functional groups attached to an aromatic ring is 1. The Bertz CT molecular complexity index is 1860. The smallest absolute Gasteiger partial charge is 0.0937 e. The van der Waals surface area contributed by atoms with Gasteiger partial charge in [-0.15, -0.1) is 20.5 Å². The van der Waals surface area contributed by atoms with Crippen molar-refractivity contribution in [1.82, 2.24) is 0 Å². The molecule has 5 nitrogen and oxygen atoms in total. The Balaban J connectivity index is 1.40. The lowest BCUT2D eigenvalue weighted by Gasteiger charge is -2.07. The summed E-state index contributed by atoms with van der Waals surface area (Å²) in [5.74, 6) is 0. The Kier molecular flexibility index (Phi) is 5.66. The van der Waals surface area contributed by atoms with Crippen LogP contribution in [0.15, 0.2) is 124 Å². The number of azo groups is 2. The third kappa shape index (κ3) is 4.32. The van der Waals surface area contributed by atoms with Crippen molar-refractivity contribution in [2.75, 3.05) is 5.73 Å². The van der Waals surface area contributed by atoms with E-state index in [0.717, 1.165) is 60.9 Å². The fraction of sp³-hybridized carbons (Fsp3) is 0.0625. The minimum absolute atomic E-state index is 0.728. The number of fused-ring (bicyclic) bond motifs is 3. The van der Waals surface area contributed by atoms with E-state index >= 15 is 0 Å². The monoisotopic (exact) mass is 479 g/mol. The SMILES string of the molecule is Cc1ccc2c(N=Nc3ccc(N=Nc4ccc(N)c5ccccc45)c4ccccc34)cc(C)cc2c1. The van der Waals surface area contributed by atoms with E-state index < -0.39 is 0 Å². The van der Waals surface area contributed by atoms with Gasteiger partial charge in [0.05, 0.1) is 22.7 Å². The van der Waals surface area contributed by atoms with Crippen molar-refractivity contribution >= 4 is 60.8 Å². The van der Waals surface area contributed by atoms with Gasteiger partial charge in [0.15, 0.2) is 0 Å². The highest BCUT2D eigenvalue weighted by atomic mass is 15.1. The molecule has 0 spiro atoms. The highest BCUT2D eigenvalue weighted by Crippen LogP contribution is 2.37. The second kappa shape index (κ2) is 9.28. The molecule has 0 aromatic heterocycles. The van der Waals surface area contributed by atoms with Crippen LogP contribution in [0.1, 0.15) is 11.1 Å². The molecule has 6 aromatic rings. The second-order valence-electron chi connectivity index (χ2n) is 9.28. The zero-order valence-corrected chi connectivity index (χ0v) is 20.7. The van der Waals surface area contributed by atoms with Crippen molar-refractivity contribution in [2.45, 2.75) is 13.8 Å². The summed E-state index contributed by atoms with van der Waals surface area (Å²) < 4.78 is 0. The molecular formula is C32H25N5. The largest absolute Gasteiger partial charge is 0.398 e. The summed E-state index contributed by atoms with van der Waals surface area (Å²) in [4.78, 5) is 0. The molecule has 178 valence electrons. The number of rotatable bonds is 4. The summed E-state index contributed by atoms with van der Waals surface area (Å²) >= 11 is 0. The molecule has 37 heavy (non-hydrogen) atoms.